The Morgan fingerprint density at radius 1 is 0.792 bits per heavy atom. The van der Waals surface area contributed by atoms with Crippen molar-refractivity contribution >= 4 is 23.1 Å². The van der Waals surface area contributed by atoms with E-state index < -0.39 is 0 Å². The summed E-state index contributed by atoms with van der Waals surface area (Å²) in [4.78, 5) is 8.80. The molecule has 3 aromatic rings. The average molecular weight is 322 g/mol. The highest BCUT2D eigenvalue weighted by atomic mass is 19.1. The van der Waals surface area contributed by atoms with E-state index in [4.69, 9.17) is 0 Å². The number of rotatable bonds is 4. The second-order valence-electron chi connectivity index (χ2n) is 5.78. The normalized spacial score (nSPS) is 10.5. The predicted octanol–water partition coefficient (Wildman–Crippen LogP) is 5.03. The third-order valence-electron chi connectivity index (χ3n) is 3.71. The molecular weight excluding hydrogens is 303 g/mol. The zero-order valence-corrected chi connectivity index (χ0v) is 13.9. The van der Waals surface area contributed by atoms with Gasteiger partial charge in [-0.3, -0.25) is 0 Å². The van der Waals surface area contributed by atoms with Crippen molar-refractivity contribution < 1.29 is 4.39 Å². The van der Waals surface area contributed by atoms with Crippen LogP contribution in [0.4, 0.5) is 27.5 Å². The molecule has 122 valence electrons. The van der Waals surface area contributed by atoms with Gasteiger partial charge in [0.1, 0.15) is 11.6 Å². The lowest BCUT2D eigenvalue weighted by atomic mass is 10.1. The molecular formula is C19H19FN4. The maximum atomic E-state index is 13.3. The number of nitrogens with zero attached hydrogens (tertiary/aromatic N) is 2. The van der Waals surface area contributed by atoms with Crippen molar-refractivity contribution in [1.29, 1.82) is 0 Å². The summed E-state index contributed by atoms with van der Waals surface area (Å²) >= 11 is 0. The second kappa shape index (κ2) is 6.66. The second-order valence-corrected chi connectivity index (χ2v) is 5.78. The van der Waals surface area contributed by atoms with Crippen molar-refractivity contribution in [2.24, 2.45) is 0 Å². The molecule has 24 heavy (non-hydrogen) atoms. The molecule has 1 heterocycles. The van der Waals surface area contributed by atoms with Gasteiger partial charge in [0.2, 0.25) is 5.95 Å². The molecule has 2 aromatic carbocycles. The van der Waals surface area contributed by atoms with Crippen molar-refractivity contribution in [3.05, 3.63) is 71.2 Å². The summed E-state index contributed by atoms with van der Waals surface area (Å²) in [5, 5.41) is 6.32. The van der Waals surface area contributed by atoms with Gasteiger partial charge in [0, 0.05) is 23.1 Å². The molecule has 0 bridgehead atoms. The topological polar surface area (TPSA) is 49.8 Å². The van der Waals surface area contributed by atoms with Gasteiger partial charge >= 0.3 is 0 Å². The maximum absolute atomic E-state index is 13.3. The quantitative estimate of drug-likeness (QED) is 0.707. The summed E-state index contributed by atoms with van der Waals surface area (Å²) in [6.07, 6.45) is 0. The molecule has 0 aliphatic carbocycles. The van der Waals surface area contributed by atoms with Gasteiger partial charge in [-0.25, -0.2) is 9.37 Å². The van der Waals surface area contributed by atoms with Crippen LogP contribution in [0.25, 0.3) is 0 Å². The number of halogens is 1. The van der Waals surface area contributed by atoms with Crippen LogP contribution in [-0.4, -0.2) is 9.97 Å². The summed E-state index contributed by atoms with van der Waals surface area (Å²) in [7, 11) is 0. The molecule has 0 amide bonds. The highest BCUT2D eigenvalue weighted by Crippen LogP contribution is 2.21. The fourth-order valence-electron chi connectivity index (χ4n) is 2.35. The fourth-order valence-corrected chi connectivity index (χ4v) is 2.35. The molecule has 1 aromatic heterocycles. The number of anilines is 4. The van der Waals surface area contributed by atoms with Gasteiger partial charge in [-0.1, -0.05) is 12.1 Å². The third kappa shape index (κ3) is 3.87. The number of hydrogen-bond donors (Lipinski definition) is 2. The smallest absolute Gasteiger partial charge is 0.229 e. The van der Waals surface area contributed by atoms with Crippen molar-refractivity contribution in [2.45, 2.75) is 20.8 Å². The summed E-state index contributed by atoms with van der Waals surface area (Å²) in [6.45, 7) is 6.04. The van der Waals surface area contributed by atoms with Gasteiger partial charge in [-0.2, -0.15) is 4.98 Å². The molecule has 3 rings (SSSR count). The van der Waals surface area contributed by atoms with Crippen LogP contribution in [0.5, 0.6) is 0 Å². The Balaban J connectivity index is 1.84. The van der Waals surface area contributed by atoms with Gasteiger partial charge in [0.15, 0.2) is 0 Å². The van der Waals surface area contributed by atoms with Gasteiger partial charge in [-0.05, 0) is 62.2 Å². The first-order valence-corrected chi connectivity index (χ1v) is 7.72. The summed E-state index contributed by atoms with van der Waals surface area (Å²) in [6, 6.07) is 14.2. The maximum Gasteiger partial charge on any atom is 0.229 e. The van der Waals surface area contributed by atoms with Gasteiger partial charge in [0.05, 0.1) is 0 Å². The molecule has 0 aliphatic rings. The van der Waals surface area contributed by atoms with Crippen LogP contribution >= 0.6 is 0 Å². The van der Waals surface area contributed by atoms with Crippen LogP contribution in [0.2, 0.25) is 0 Å². The van der Waals surface area contributed by atoms with Crippen molar-refractivity contribution in [1.82, 2.24) is 9.97 Å². The molecule has 0 aliphatic heterocycles. The van der Waals surface area contributed by atoms with E-state index in [1.54, 1.807) is 12.1 Å². The highest BCUT2D eigenvalue weighted by molar-refractivity contribution is 5.61. The summed E-state index contributed by atoms with van der Waals surface area (Å²) in [5.74, 6) is 0.803. The van der Waals surface area contributed by atoms with E-state index in [0.29, 0.717) is 17.5 Å². The van der Waals surface area contributed by atoms with Crippen LogP contribution in [0.15, 0.2) is 48.5 Å². The Bertz CT molecular complexity index is 877. The Morgan fingerprint density at radius 3 is 2.33 bits per heavy atom. The van der Waals surface area contributed by atoms with Gasteiger partial charge in [-0.15, -0.1) is 0 Å². The van der Waals surface area contributed by atoms with Crippen molar-refractivity contribution in [3.63, 3.8) is 0 Å². The van der Waals surface area contributed by atoms with E-state index >= 15 is 0 Å². The van der Waals surface area contributed by atoms with Gasteiger partial charge < -0.3 is 10.6 Å². The summed E-state index contributed by atoms with van der Waals surface area (Å²) < 4.78 is 13.3. The first-order valence-electron chi connectivity index (χ1n) is 7.72. The highest BCUT2D eigenvalue weighted by Gasteiger charge is 2.05. The third-order valence-corrected chi connectivity index (χ3v) is 3.71. The molecule has 0 spiro atoms. The number of benzene rings is 2. The average Bonchev–Trinajstić information content (AvgIpc) is 2.50. The molecule has 0 radical (unpaired) electrons. The van der Waals surface area contributed by atoms with Gasteiger partial charge in [0.25, 0.3) is 0 Å². The zero-order chi connectivity index (χ0) is 17.1. The minimum Gasteiger partial charge on any atom is -0.340 e. The van der Waals surface area contributed by atoms with Crippen LogP contribution in [0, 0.1) is 26.6 Å². The molecule has 0 atom stereocenters. The molecule has 2 N–H and O–H groups in total. The lowest BCUT2D eigenvalue weighted by Crippen LogP contribution is -2.02. The van der Waals surface area contributed by atoms with E-state index in [0.717, 1.165) is 11.4 Å². The largest absolute Gasteiger partial charge is 0.340 e. The minimum atomic E-state index is -0.305. The van der Waals surface area contributed by atoms with Crippen LogP contribution in [0.1, 0.15) is 16.8 Å². The Kier molecular flexibility index (Phi) is 4.42. The molecule has 0 saturated heterocycles. The predicted molar refractivity (Wildman–Crippen MR) is 95.7 cm³/mol. The first-order chi connectivity index (χ1) is 11.5. The lowest BCUT2D eigenvalue weighted by molar-refractivity contribution is 0.628. The van der Waals surface area contributed by atoms with Crippen LogP contribution in [-0.2, 0) is 0 Å². The Labute approximate surface area is 140 Å². The molecule has 4 nitrogen and oxygen atoms in total. The standard InChI is InChI=1S/C19H19FN4/c1-12-7-8-17(9-13(12)2)22-18-10-14(3)21-19(24-18)23-16-6-4-5-15(20)11-16/h4-11H,1-3H3,(H2,21,22,23,24). The Hall–Kier alpha value is -2.95. The summed E-state index contributed by atoms with van der Waals surface area (Å²) in [5.41, 5.74) is 4.85. The van der Waals surface area contributed by atoms with Crippen LogP contribution in [0.3, 0.4) is 0 Å². The number of nitrogens with one attached hydrogen (secondary N) is 2. The molecule has 0 fully saturated rings. The van der Waals surface area contributed by atoms with Crippen LogP contribution < -0.4 is 10.6 Å². The zero-order valence-electron chi connectivity index (χ0n) is 13.9. The fraction of sp³-hybridized carbons (Fsp3) is 0.158. The van der Waals surface area contributed by atoms with E-state index in [1.807, 2.05) is 19.1 Å². The lowest BCUT2D eigenvalue weighted by Gasteiger charge is -2.11. The molecule has 0 unspecified atom stereocenters. The van der Waals surface area contributed by atoms with Crippen molar-refractivity contribution in [2.75, 3.05) is 10.6 Å². The van der Waals surface area contributed by atoms with E-state index in [1.165, 1.54) is 23.3 Å². The monoisotopic (exact) mass is 322 g/mol. The number of aryl methyl sites for hydroxylation is 3. The van der Waals surface area contributed by atoms with E-state index in [2.05, 4.69) is 46.6 Å². The van der Waals surface area contributed by atoms with E-state index in [-0.39, 0.29) is 5.82 Å². The SMILES string of the molecule is Cc1cc(Nc2ccc(C)c(C)c2)nc(Nc2cccc(F)c2)n1. The molecule has 0 saturated carbocycles. The number of hydrogen-bond acceptors (Lipinski definition) is 4. The minimum absolute atomic E-state index is 0.305. The van der Waals surface area contributed by atoms with Crippen molar-refractivity contribution in [3.8, 4) is 0 Å². The first kappa shape index (κ1) is 15.9. The number of aromatic nitrogens is 2. The Morgan fingerprint density at radius 2 is 1.58 bits per heavy atom. The molecule has 5 heteroatoms. The van der Waals surface area contributed by atoms with E-state index in [9.17, 15) is 4.39 Å².